The molecule has 0 bridgehead atoms. The molecule has 2 rings (SSSR count). The fourth-order valence-electron chi connectivity index (χ4n) is 2.73. The van der Waals surface area contributed by atoms with Gasteiger partial charge >= 0.3 is 0 Å². The predicted octanol–water partition coefficient (Wildman–Crippen LogP) is 2.10. The molecule has 0 saturated carbocycles. The minimum Gasteiger partial charge on any atom is -0.392 e. The molecule has 0 radical (unpaired) electrons. The summed E-state index contributed by atoms with van der Waals surface area (Å²) in [7, 11) is 4.21. The lowest BCUT2D eigenvalue weighted by atomic mass is 9.79. The lowest BCUT2D eigenvalue weighted by Crippen LogP contribution is -2.30. The van der Waals surface area contributed by atoms with Crippen molar-refractivity contribution in [3.8, 4) is 0 Å². The van der Waals surface area contributed by atoms with Crippen LogP contribution in [0.5, 0.6) is 0 Å². The van der Waals surface area contributed by atoms with Crippen LogP contribution in [0.15, 0.2) is 24.3 Å². The number of hydrogen-bond donors (Lipinski definition) is 1. The molecule has 0 spiro atoms. The molecular formula is C15H23NO. The van der Waals surface area contributed by atoms with Crippen LogP contribution in [-0.2, 0) is 12.8 Å². The van der Waals surface area contributed by atoms with E-state index in [0.29, 0.717) is 5.92 Å². The highest BCUT2D eigenvalue weighted by Crippen LogP contribution is 2.28. The van der Waals surface area contributed by atoms with Gasteiger partial charge in [-0.25, -0.2) is 0 Å². The van der Waals surface area contributed by atoms with Gasteiger partial charge in [0.25, 0.3) is 0 Å². The van der Waals surface area contributed by atoms with Gasteiger partial charge in [-0.2, -0.15) is 0 Å². The summed E-state index contributed by atoms with van der Waals surface area (Å²) in [5.41, 5.74) is 2.77. The van der Waals surface area contributed by atoms with Crippen LogP contribution in [0.3, 0.4) is 0 Å². The molecule has 2 heteroatoms. The Labute approximate surface area is 104 Å². The van der Waals surface area contributed by atoms with Crippen molar-refractivity contribution in [3.05, 3.63) is 35.4 Å². The molecule has 0 unspecified atom stereocenters. The van der Waals surface area contributed by atoms with Crippen molar-refractivity contribution in [1.82, 2.24) is 4.90 Å². The average molecular weight is 233 g/mol. The van der Waals surface area contributed by atoms with Gasteiger partial charge in [-0.15, -0.1) is 0 Å². The van der Waals surface area contributed by atoms with Crippen LogP contribution in [0.2, 0.25) is 0 Å². The van der Waals surface area contributed by atoms with Crippen LogP contribution in [0.1, 0.15) is 24.0 Å². The molecule has 0 heterocycles. The van der Waals surface area contributed by atoms with Gasteiger partial charge < -0.3 is 10.0 Å². The first-order chi connectivity index (χ1) is 8.16. The van der Waals surface area contributed by atoms with E-state index in [1.807, 2.05) is 0 Å². The van der Waals surface area contributed by atoms with Crippen molar-refractivity contribution in [2.24, 2.45) is 5.92 Å². The monoisotopic (exact) mass is 233 g/mol. The first-order valence-electron chi connectivity index (χ1n) is 6.56. The van der Waals surface area contributed by atoms with Gasteiger partial charge in [0.15, 0.2) is 0 Å². The highest BCUT2D eigenvalue weighted by molar-refractivity contribution is 5.30. The van der Waals surface area contributed by atoms with Crippen molar-refractivity contribution >= 4 is 0 Å². The van der Waals surface area contributed by atoms with Gasteiger partial charge in [-0.3, -0.25) is 0 Å². The minimum atomic E-state index is -0.146. The molecule has 1 aromatic rings. The fourth-order valence-corrected chi connectivity index (χ4v) is 2.73. The minimum absolute atomic E-state index is 0.146. The fraction of sp³-hybridized carbons (Fsp3) is 0.600. The molecule has 0 saturated heterocycles. The molecule has 2 nitrogen and oxygen atoms in total. The zero-order chi connectivity index (χ0) is 12.3. The summed E-state index contributed by atoms with van der Waals surface area (Å²) in [6.45, 7) is 1.12. The van der Waals surface area contributed by atoms with E-state index in [1.165, 1.54) is 17.5 Å². The molecule has 1 aromatic carbocycles. The van der Waals surface area contributed by atoms with Gasteiger partial charge in [0, 0.05) is 0 Å². The van der Waals surface area contributed by atoms with Crippen LogP contribution in [0.4, 0.5) is 0 Å². The summed E-state index contributed by atoms with van der Waals surface area (Å²) in [5.74, 6) is 0.449. The number of nitrogens with zero attached hydrogens (tertiary/aromatic N) is 1. The van der Waals surface area contributed by atoms with E-state index >= 15 is 0 Å². The molecular weight excluding hydrogens is 210 g/mol. The third-order valence-corrected chi connectivity index (χ3v) is 3.75. The van der Waals surface area contributed by atoms with Gasteiger partial charge in [0.1, 0.15) is 0 Å². The molecule has 1 N–H and O–H groups in total. The van der Waals surface area contributed by atoms with Crippen molar-refractivity contribution in [3.63, 3.8) is 0 Å². The zero-order valence-corrected chi connectivity index (χ0v) is 10.9. The van der Waals surface area contributed by atoms with E-state index in [-0.39, 0.29) is 6.10 Å². The van der Waals surface area contributed by atoms with Gasteiger partial charge in [0.2, 0.25) is 0 Å². The Bertz CT molecular complexity index is 362. The molecule has 0 aliphatic heterocycles. The van der Waals surface area contributed by atoms with Crippen LogP contribution in [0, 0.1) is 5.92 Å². The lowest BCUT2D eigenvalue weighted by molar-refractivity contribution is 0.0920. The Kier molecular flexibility index (Phi) is 4.19. The quantitative estimate of drug-likeness (QED) is 0.861. The van der Waals surface area contributed by atoms with Crippen molar-refractivity contribution < 1.29 is 5.11 Å². The smallest absolute Gasteiger partial charge is 0.0611 e. The maximum Gasteiger partial charge on any atom is 0.0611 e. The van der Waals surface area contributed by atoms with E-state index < -0.39 is 0 Å². The number of aliphatic hydroxyl groups is 1. The number of fused-ring (bicyclic) bond motifs is 1. The predicted molar refractivity (Wildman–Crippen MR) is 71.1 cm³/mol. The summed E-state index contributed by atoms with van der Waals surface area (Å²) in [6, 6.07) is 8.53. The summed E-state index contributed by atoms with van der Waals surface area (Å²) in [4.78, 5) is 2.21. The highest BCUT2D eigenvalue weighted by atomic mass is 16.3. The second-order valence-corrected chi connectivity index (χ2v) is 5.45. The maximum atomic E-state index is 10.2. The van der Waals surface area contributed by atoms with Crippen molar-refractivity contribution in [2.75, 3.05) is 20.6 Å². The molecule has 1 aliphatic rings. The largest absolute Gasteiger partial charge is 0.392 e. The zero-order valence-electron chi connectivity index (χ0n) is 10.9. The van der Waals surface area contributed by atoms with E-state index in [9.17, 15) is 5.11 Å². The molecule has 0 amide bonds. The van der Waals surface area contributed by atoms with Gasteiger partial charge in [-0.05, 0) is 63.4 Å². The van der Waals surface area contributed by atoms with E-state index in [4.69, 9.17) is 0 Å². The normalized spacial score (nSPS) is 23.8. The molecule has 0 aromatic heterocycles. The van der Waals surface area contributed by atoms with Crippen LogP contribution in [0.25, 0.3) is 0 Å². The molecule has 94 valence electrons. The van der Waals surface area contributed by atoms with Crippen molar-refractivity contribution in [1.29, 1.82) is 0 Å². The number of hydrogen-bond acceptors (Lipinski definition) is 2. The van der Waals surface area contributed by atoms with Crippen LogP contribution < -0.4 is 0 Å². The van der Waals surface area contributed by atoms with E-state index in [0.717, 1.165) is 25.8 Å². The second kappa shape index (κ2) is 5.65. The lowest BCUT2D eigenvalue weighted by Gasteiger charge is -2.30. The van der Waals surface area contributed by atoms with E-state index in [1.54, 1.807) is 0 Å². The van der Waals surface area contributed by atoms with Crippen molar-refractivity contribution in [2.45, 2.75) is 31.8 Å². The third kappa shape index (κ3) is 3.30. The van der Waals surface area contributed by atoms with Crippen LogP contribution >= 0.6 is 0 Å². The molecule has 2 atom stereocenters. The number of rotatable bonds is 4. The topological polar surface area (TPSA) is 23.5 Å². The SMILES string of the molecule is CN(C)CCC[C@@H]1Cc2ccccc2C[C@H]1O. The molecule has 0 fully saturated rings. The van der Waals surface area contributed by atoms with Gasteiger partial charge in [-0.1, -0.05) is 24.3 Å². The molecule has 1 aliphatic carbocycles. The number of aliphatic hydroxyl groups excluding tert-OH is 1. The maximum absolute atomic E-state index is 10.2. The Hall–Kier alpha value is -0.860. The summed E-state index contributed by atoms with van der Waals surface area (Å²) < 4.78 is 0. The average Bonchev–Trinajstić information content (AvgIpc) is 2.29. The first kappa shape index (κ1) is 12.6. The Morgan fingerprint density at radius 2 is 1.82 bits per heavy atom. The van der Waals surface area contributed by atoms with Gasteiger partial charge in [0.05, 0.1) is 6.10 Å². The third-order valence-electron chi connectivity index (χ3n) is 3.75. The first-order valence-corrected chi connectivity index (χ1v) is 6.56. The molecule has 17 heavy (non-hydrogen) atoms. The van der Waals surface area contributed by atoms with E-state index in [2.05, 4.69) is 43.3 Å². The summed E-state index contributed by atoms with van der Waals surface area (Å²) >= 11 is 0. The standard InChI is InChI=1S/C15H23NO/c1-16(2)9-5-8-14-10-12-6-3-4-7-13(12)11-15(14)17/h3-4,6-7,14-15,17H,5,8-11H2,1-2H3/t14-,15-/m1/s1. The Morgan fingerprint density at radius 1 is 1.18 bits per heavy atom. The Balaban J connectivity index is 1.93. The highest BCUT2D eigenvalue weighted by Gasteiger charge is 2.25. The second-order valence-electron chi connectivity index (χ2n) is 5.45. The van der Waals surface area contributed by atoms with Crippen LogP contribution in [-0.4, -0.2) is 36.8 Å². The number of benzene rings is 1. The Morgan fingerprint density at radius 3 is 2.47 bits per heavy atom. The summed E-state index contributed by atoms with van der Waals surface area (Å²) in [5, 5.41) is 10.2. The summed E-state index contributed by atoms with van der Waals surface area (Å²) in [6.07, 6.45) is 4.05.